The van der Waals surface area contributed by atoms with Crippen molar-refractivity contribution in [1.29, 1.82) is 0 Å². The predicted octanol–water partition coefficient (Wildman–Crippen LogP) is 1.48. The van der Waals surface area contributed by atoms with Crippen molar-refractivity contribution >= 4 is 11.8 Å². The van der Waals surface area contributed by atoms with Gasteiger partial charge in [0.1, 0.15) is 5.82 Å². The second-order valence-electron chi connectivity index (χ2n) is 5.13. The molecule has 1 aliphatic heterocycles. The van der Waals surface area contributed by atoms with Crippen molar-refractivity contribution in [3.05, 3.63) is 23.4 Å². The van der Waals surface area contributed by atoms with Crippen molar-refractivity contribution in [1.82, 2.24) is 9.88 Å². The molecule has 2 N–H and O–H groups in total. The molecule has 2 rings (SSSR count). The molecule has 0 radical (unpaired) electrons. The van der Waals surface area contributed by atoms with E-state index in [1.165, 1.54) is 0 Å². The van der Waals surface area contributed by atoms with Gasteiger partial charge in [-0.2, -0.15) is 0 Å². The maximum absolute atomic E-state index is 11.1. The number of nitrogens with zero attached hydrogens (tertiary/aromatic N) is 2. The van der Waals surface area contributed by atoms with Gasteiger partial charge in [-0.1, -0.05) is 6.92 Å². The number of aromatic nitrogens is 1. The van der Waals surface area contributed by atoms with Crippen LogP contribution in [0.3, 0.4) is 0 Å². The molecule has 0 unspecified atom stereocenters. The van der Waals surface area contributed by atoms with Crippen molar-refractivity contribution in [2.24, 2.45) is 0 Å². The zero-order valence-electron chi connectivity index (χ0n) is 12.5. The number of pyridine rings is 1. The third-order valence-electron chi connectivity index (χ3n) is 3.55. The van der Waals surface area contributed by atoms with Gasteiger partial charge < -0.3 is 15.2 Å². The molecule has 0 bridgehead atoms. The predicted molar refractivity (Wildman–Crippen MR) is 80.9 cm³/mol. The zero-order chi connectivity index (χ0) is 15.1. The van der Waals surface area contributed by atoms with Crippen molar-refractivity contribution in [2.45, 2.75) is 19.8 Å². The first kappa shape index (κ1) is 15.7. The van der Waals surface area contributed by atoms with Gasteiger partial charge in [-0.05, 0) is 31.5 Å². The number of hydrogen-bond donors (Lipinski definition) is 2. The lowest BCUT2D eigenvalue weighted by Crippen LogP contribution is -2.37. The molecule has 1 saturated heterocycles. The normalized spacial score (nSPS) is 15.9. The molecule has 0 amide bonds. The maximum atomic E-state index is 11.1. The van der Waals surface area contributed by atoms with Crippen molar-refractivity contribution in [2.75, 3.05) is 44.7 Å². The first-order chi connectivity index (χ1) is 10.2. The van der Waals surface area contributed by atoms with Crippen molar-refractivity contribution in [3.63, 3.8) is 0 Å². The van der Waals surface area contributed by atoms with Crippen LogP contribution >= 0.6 is 0 Å². The van der Waals surface area contributed by atoms with E-state index >= 15 is 0 Å². The van der Waals surface area contributed by atoms with E-state index in [9.17, 15) is 4.79 Å². The second kappa shape index (κ2) is 7.95. The van der Waals surface area contributed by atoms with E-state index in [0.717, 1.165) is 57.9 Å². The molecule has 116 valence electrons. The Morgan fingerprint density at radius 2 is 2.19 bits per heavy atom. The molecule has 1 aliphatic rings. The highest BCUT2D eigenvalue weighted by Crippen LogP contribution is 2.11. The molecule has 1 aromatic heterocycles. The number of carbonyl (C=O) groups is 1. The van der Waals surface area contributed by atoms with E-state index in [-0.39, 0.29) is 5.56 Å². The van der Waals surface area contributed by atoms with Gasteiger partial charge in [-0.15, -0.1) is 0 Å². The fraction of sp³-hybridized carbons (Fsp3) is 0.600. The molecule has 0 saturated carbocycles. The summed E-state index contributed by atoms with van der Waals surface area (Å²) in [4.78, 5) is 17.9. The van der Waals surface area contributed by atoms with Crippen LogP contribution in [0.15, 0.2) is 12.1 Å². The van der Waals surface area contributed by atoms with E-state index in [1.807, 2.05) is 6.92 Å². The molecular weight excluding hydrogens is 270 g/mol. The van der Waals surface area contributed by atoms with Crippen LogP contribution in [0, 0.1) is 0 Å². The minimum absolute atomic E-state index is 0.289. The lowest BCUT2D eigenvalue weighted by molar-refractivity contribution is 0.0378. The number of anilines is 1. The van der Waals surface area contributed by atoms with Gasteiger partial charge in [0.15, 0.2) is 0 Å². The lowest BCUT2D eigenvalue weighted by Gasteiger charge is -2.26. The molecule has 2 heterocycles. The minimum Gasteiger partial charge on any atom is -0.478 e. The van der Waals surface area contributed by atoms with Gasteiger partial charge in [-0.3, -0.25) is 4.90 Å². The number of rotatable bonds is 7. The Bertz CT molecular complexity index is 473. The first-order valence-electron chi connectivity index (χ1n) is 7.47. The fourth-order valence-corrected chi connectivity index (χ4v) is 2.33. The van der Waals surface area contributed by atoms with E-state index in [2.05, 4.69) is 15.2 Å². The van der Waals surface area contributed by atoms with Gasteiger partial charge in [0.05, 0.1) is 18.8 Å². The van der Waals surface area contributed by atoms with Crippen LogP contribution in [0.4, 0.5) is 5.82 Å². The molecule has 0 aliphatic carbocycles. The third kappa shape index (κ3) is 4.99. The summed E-state index contributed by atoms with van der Waals surface area (Å²) in [7, 11) is 0. The van der Waals surface area contributed by atoms with Gasteiger partial charge in [0, 0.05) is 25.3 Å². The summed E-state index contributed by atoms with van der Waals surface area (Å²) in [6.07, 6.45) is 1.73. The summed E-state index contributed by atoms with van der Waals surface area (Å²) in [5.41, 5.74) is 1.09. The van der Waals surface area contributed by atoms with Crippen LogP contribution in [0.2, 0.25) is 0 Å². The Hall–Kier alpha value is -1.66. The molecule has 0 atom stereocenters. The second-order valence-corrected chi connectivity index (χ2v) is 5.13. The molecule has 0 aromatic carbocycles. The minimum atomic E-state index is -0.913. The molecule has 6 nitrogen and oxygen atoms in total. The SMILES string of the molecule is CCc1cc(C(=O)O)cc(NCCCN2CCOCC2)n1. The summed E-state index contributed by atoms with van der Waals surface area (Å²) in [5.74, 6) is -0.266. The maximum Gasteiger partial charge on any atom is 0.335 e. The summed E-state index contributed by atoms with van der Waals surface area (Å²) >= 11 is 0. The number of aryl methyl sites for hydroxylation is 1. The van der Waals surface area contributed by atoms with E-state index in [1.54, 1.807) is 12.1 Å². The van der Waals surface area contributed by atoms with Gasteiger partial charge in [0.2, 0.25) is 0 Å². The Morgan fingerprint density at radius 3 is 2.86 bits per heavy atom. The van der Waals surface area contributed by atoms with E-state index in [4.69, 9.17) is 9.84 Å². The Morgan fingerprint density at radius 1 is 1.43 bits per heavy atom. The van der Waals surface area contributed by atoms with Crippen LogP contribution < -0.4 is 5.32 Å². The molecular formula is C15H23N3O3. The average molecular weight is 293 g/mol. The standard InChI is InChI=1S/C15H23N3O3/c1-2-13-10-12(15(19)20)11-14(17-13)16-4-3-5-18-6-8-21-9-7-18/h10-11H,2-9H2,1H3,(H,16,17)(H,19,20). The smallest absolute Gasteiger partial charge is 0.335 e. The van der Waals surface area contributed by atoms with E-state index < -0.39 is 5.97 Å². The Kier molecular flexibility index (Phi) is 5.95. The largest absolute Gasteiger partial charge is 0.478 e. The van der Waals surface area contributed by atoms with Crippen LogP contribution in [-0.2, 0) is 11.2 Å². The molecule has 1 aromatic rings. The highest BCUT2D eigenvalue weighted by atomic mass is 16.5. The van der Waals surface area contributed by atoms with Gasteiger partial charge >= 0.3 is 5.97 Å². The quantitative estimate of drug-likeness (QED) is 0.742. The third-order valence-corrected chi connectivity index (χ3v) is 3.55. The molecule has 21 heavy (non-hydrogen) atoms. The number of nitrogens with one attached hydrogen (secondary N) is 1. The summed E-state index contributed by atoms with van der Waals surface area (Å²) in [6, 6.07) is 3.22. The highest BCUT2D eigenvalue weighted by molar-refractivity contribution is 5.88. The highest BCUT2D eigenvalue weighted by Gasteiger charge is 2.10. The average Bonchev–Trinajstić information content (AvgIpc) is 2.52. The molecule has 6 heteroatoms. The number of aromatic carboxylic acids is 1. The van der Waals surface area contributed by atoms with Crippen LogP contribution in [0.5, 0.6) is 0 Å². The Labute approximate surface area is 125 Å². The number of hydrogen-bond acceptors (Lipinski definition) is 5. The number of carboxylic acids is 1. The van der Waals surface area contributed by atoms with E-state index in [0.29, 0.717) is 5.82 Å². The zero-order valence-corrected chi connectivity index (χ0v) is 12.5. The van der Waals surface area contributed by atoms with Crippen LogP contribution in [-0.4, -0.2) is 60.4 Å². The lowest BCUT2D eigenvalue weighted by atomic mass is 10.2. The fourth-order valence-electron chi connectivity index (χ4n) is 2.33. The van der Waals surface area contributed by atoms with Crippen LogP contribution in [0.25, 0.3) is 0 Å². The van der Waals surface area contributed by atoms with Crippen molar-refractivity contribution in [3.8, 4) is 0 Å². The van der Waals surface area contributed by atoms with Gasteiger partial charge in [-0.25, -0.2) is 9.78 Å². The van der Waals surface area contributed by atoms with Crippen LogP contribution in [0.1, 0.15) is 29.4 Å². The first-order valence-corrected chi connectivity index (χ1v) is 7.47. The Balaban J connectivity index is 1.81. The molecule has 0 spiro atoms. The van der Waals surface area contributed by atoms with Crippen molar-refractivity contribution < 1.29 is 14.6 Å². The monoisotopic (exact) mass is 293 g/mol. The topological polar surface area (TPSA) is 74.7 Å². The summed E-state index contributed by atoms with van der Waals surface area (Å²) in [5, 5.41) is 12.3. The molecule has 1 fully saturated rings. The van der Waals surface area contributed by atoms with Gasteiger partial charge in [0.25, 0.3) is 0 Å². The summed E-state index contributed by atoms with van der Waals surface area (Å²) in [6.45, 7) is 7.40. The summed E-state index contributed by atoms with van der Waals surface area (Å²) < 4.78 is 5.31. The number of morpholine rings is 1. The number of carboxylic acid groups (broad SMARTS) is 1. The number of ether oxygens (including phenoxy) is 1.